The number of methoxy groups -OCH3 is 1. The molecule has 0 bridgehead atoms. The van der Waals surface area contributed by atoms with E-state index >= 15 is 0 Å². The minimum absolute atomic E-state index is 0.0180. The van der Waals surface area contributed by atoms with E-state index in [0.29, 0.717) is 49.4 Å². The Labute approximate surface area is 181 Å². The van der Waals surface area contributed by atoms with Crippen LogP contribution in [0.5, 0.6) is 17.2 Å². The van der Waals surface area contributed by atoms with E-state index in [4.69, 9.17) is 18.9 Å². The average Bonchev–Trinajstić information content (AvgIpc) is 3.00. The molecular formula is C21H26N2O7S. The molecule has 1 heterocycles. The van der Waals surface area contributed by atoms with E-state index in [1.54, 1.807) is 37.4 Å². The summed E-state index contributed by atoms with van der Waals surface area (Å²) in [7, 11) is -2.19. The maximum Gasteiger partial charge on any atom is 0.240 e. The van der Waals surface area contributed by atoms with Crippen molar-refractivity contribution in [2.45, 2.75) is 17.7 Å². The van der Waals surface area contributed by atoms with Gasteiger partial charge >= 0.3 is 0 Å². The highest BCUT2D eigenvalue weighted by Crippen LogP contribution is 2.31. The minimum Gasteiger partial charge on any atom is -0.491 e. The van der Waals surface area contributed by atoms with Gasteiger partial charge in [-0.15, -0.1) is 0 Å². The van der Waals surface area contributed by atoms with Crippen LogP contribution < -0.4 is 24.2 Å². The average molecular weight is 451 g/mol. The Morgan fingerprint density at radius 3 is 2.52 bits per heavy atom. The molecular weight excluding hydrogens is 424 g/mol. The van der Waals surface area contributed by atoms with Gasteiger partial charge in [-0.2, -0.15) is 0 Å². The SMILES string of the molecule is COCCOc1ccc(NC(=O)CCNS(=O)(=O)c2ccc3c(c2)OCCCO3)cc1. The predicted octanol–water partition coefficient (Wildman–Crippen LogP) is 2.18. The smallest absolute Gasteiger partial charge is 0.240 e. The molecule has 2 N–H and O–H groups in total. The standard InChI is InChI=1S/C21H26N2O7S/c1-27-13-14-28-17-5-3-16(4-6-17)23-21(24)9-10-22-31(25,26)18-7-8-19-20(15-18)30-12-2-11-29-19/h3-8,15,22H,2,9-14H2,1H3,(H,23,24). The largest absolute Gasteiger partial charge is 0.491 e. The van der Waals surface area contributed by atoms with E-state index in [1.807, 2.05) is 0 Å². The maximum atomic E-state index is 12.5. The van der Waals surface area contributed by atoms with Gasteiger partial charge in [-0.05, 0) is 36.4 Å². The Morgan fingerprint density at radius 2 is 1.77 bits per heavy atom. The maximum absolute atomic E-state index is 12.5. The van der Waals surface area contributed by atoms with Crippen molar-refractivity contribution in [3.63, 3.8) is 0 Å². The van der Waals surface area contributed by atoms with Gasteiger partial charge in [-0.1, -0.05) is 0 Å². The number of carbonyl (C=O) groups is 1. The molecule has 1 amide bonds. The summed E-state index contributed by atoms with van der Waals surface area (Å²) in [5.74, 6) is 1.27. The third kappa shape index (κ3) is 6.84. The number of carbonyl (C=O) groups excluding carboxylic acids is 1. The molecule has 0 spiro atoms. The normalized spacial score (nSPS) is 13.3. The van der Waals surface area contributed by atoms with Crippen molar-refractivity contribution < 1.29 is 32.2 Å². The third-order valence-corrected chi connectivity index (χ3v) is 5.83. The number of sulfonamides is 1. The van der Waals surface area contributed by atoms with E-state index in [9.17, 15) is 13.2 Å². The van der Waals surface area contributed by atoms with Crippen molar-refractivity contribution >= 4 is 21.6 Å². The van der Waals surface area contributed by atoms with Crippen molar-refractivity contribution in [1.82, 2.24) is 4.72 Å². The monoisotopic (exact) mass is 450 g/mol. The van der Waals surface area contributed by atoms with Crippen molar-refractivity contribution in [2.24, 2.45) is 0 Å². The summed E-state index contributed by atoms with van der Waals surface area (Å²) < 4.78 is 48.9. The van der Waals surface area contributed by atoms with Gasteiger partial charge in [0.15, 0.2) is 11.5 Å². The van der Waals surface area contributed by atoms with Crippen LogP contribution in [0.4, 0.5) is 5.69 Å². The van der Waals surface area contributed by atoms with Crippen LogP contribution in [-0.2, 0) is 19.6 Å². The fraction of sp³-hybridized carbons (Fsp3) is 0.381. The number of hydrogen-bond acceptors (Lipinski definition) is 7. The van der Waals surface area contributed by atoms with Gasteiger partial charge < -0.3 is 24.3 Å². The molecule has 9 nitrogen and oxygen atoms in total. The first kappa shape index (κ1) is 22.9. The van der Waals surface area contributed by atoms with Gasteiger partial charge in [-0.3, -0.25) is 4.79 Å². The number of amides is 1. The number of rotatable bonds is 10. The van der Waals surface area contributed by atoms with Crippen molar-refractivity contribution in [3.05, 3.63) is 42.5 Å². The van der Waals surface area contributed by atoms with Gasteiger partial charge in [-0.25, -0.2) is 13.1 Å². The van der Waals surface area contributed by atoms with Crippen molar-refractivity contribution in [1.29, 1.82) is 0 Å². The second kappa shape index (κ2) is 11.0. The number of benzene rings is 2. The lowest BCUT2D eigenvalue weighted by Gasteiger charge is -2.11. The topological polar surface area (TPSA) is 112 Å². The highest BCUT2D eigenvalue weighted by atomic mass is 32.2. The molecule has 0 unspecified atom stereocenters. The highest BCUT2D eigenvalue weighted by Gasteiger charge is 2.19. The first-order valence-corrected chi connectivity index (χ1v) is 11.4. The number of fused-ring (bicyclic) bond motifs is 1. The molecule has 0 aromatic heterocycles. The zero-order chi connectivity index (χ0) is 22.1. The summed E-state index contributed by atoms with van der Waals surface area (Å²) >= 11 is 0. The van der Waals surface area contributed by atoms with Gasteiger partial charge in [0.2, 0.25) is 15.9 Å². The Morgan fingerprint density at radius 1 is 1.03 bits per heavy atom. The summed E-state index contributed by atoms with van der Waals surface area (Å²) in [4.78, 5) is 12.2. The number of ether oxygens (including phenoxy) is 4. The van der Waals surface area contributed by atoms with E-state index in [-0.39, 0.29) is 23.8 Å². The first-order valence-electron chi connectivity index (χ1n) is 9.89. The van der Waals surface area contributed by atoms with E-state index in [1.165, 1.54) is 12.1 Å². The molecule has 0 saturated heterocycles. The molecule has 2 aromatic carbocycles. The van der Waals surface area contributed by atoms with Crippen molar-refractivity contribution in [2.75, 3.05) is 45.4 Å². The van der Waals surface area contributed by atoms with E-state index in [2.05, 4.69) is 10.0 Å². The van der Waals surface area contributed by atoms with Crippen LogP contribution in [0.15, 0.2) is 47.4 Å². The van der Waals surface area contributed by atoms with Gasteiger partial charge in [0.1, 0.15) is 12.4 Å². The molecule has 0 fully saturated rings. The molecule has 3 rings (SSSR count). The van der Waals surface area contributed by atoms with Crippen molar-refractivity contribution in [3.8, 4) is 17.2 Å². The second-order valence-electron chi connectivity index (χ2n) is 6.72. The zero-order valence-corrected chi connectivity index (χ0v) is 18.1. The molecule has 10 heteroatoms. The molecule has 0 saturated carbocycles. The molecule has 1 aliphatic heterocycles. The minimum atomic E-state index is -3.78. The molecule has 1 aliphatic rings. The number of nitrogens with one attached hydrogen (secondary N) is 2. The van der Waals surface area contributed by atoms with E-state index < -0.39 is 10.0 Å². The lowest BCUT2D eigenvalue weighted by molar-refractivity contribution is -0.116. The Kier molecular flexibility index (Phi) is 8.10. The summed E-state index contributed by atoms with van der Waals surface area (Å²) in [6.45, 7) is 1.87. The third-order valence-electron chi connectivity index (χ3n) is 4.37. The molecule has 31 heavy (non-hydrogen) atoms. The fourth-order valence-corrected chi connectivity index (χ4v) is 3.84. The van der Waals surface area contributed by atoms with Gasteiger partial charge in [0, 0.05) is 38.2 Å². The van der Waals surface area contributed by atoms with Gasteiger partial charge in [0.25, 0.3) is 0 Å². The lowest BCUT2D eigenvalue weighted by Crippen LogP contribution is -2.27. The molecule has 0 atom stereocenters. The van der Waals surface area contributed by atoms with Crippen LogP contribution in [0.3, 0.4) is 0 Å². The van der Waals surface area contributed by atoms with Crippen LogP contribution in [-0.4, -0.2) is 54.4 Å². The predicted molar refractivity (Wildman–Crippen MR) is 114 cm³/mol. The van der Waals surface area contributed by atoms with Crippen LogP contribution in [0, 0.1) is 0 Å². The Hall–Kier alpha value is -2.82. The second-order valence-corrected chi connectivity index (χ2v) is 8.49. The quantitative estimate of drug-likeness (QED) is 0.534. The van der Waals surface area contributed by atoms with Crippen LogP contribution in [0.1, 0.15) is 12.8 Å². The molecule has 2 aromatic rings. The van der Waals surface area contributed by atoms with E-state index in [0.717, 1.165) is 6.42 Å². The lowest BCUT2D eigenvalue weighted by atomic mass is 10.3. The number of anilines is 1. The Bertz CT molecular complexity index is 978. The molecule has 0 radical (unpaired) electrons. The van der Waals surface area contributed by atoms with Crippen LogP contribution in [0.25, 0.3) is 0 Å². The zero-order valence-electron chi connectivity index (χ0n) is 17.3. The van der Waals surface area contributed by atoms with Crippen LogP contribution in [0.2, 0.25) is 0 Å². The molecule has 168 valence electrons. The summed E-state index contributed by atoms with van der Waals surface area (Å²) in [6, 6.07) is 11.3. The Balaban J connectivity index is 1.48. The fourth-order valence-electron chi connectivity index (χ4n) is 2.79. The highest BCUT2D eigenvalue weighted by molar-refractivity contribution is 7.89. The van der Waals surface area contributed by atoms with Crippen LogP contribution >= 0.6 is 0 Å². The summed E-state index contributed by atoms with van der Waals surface area (Å²) in [5.41, 5.74) is 0.592. The van der Waals surface area contributed by atoms with Gasteiger partial charge in [0.05, 0.1) is 24.7 Å². The summed E-state index contributed by atoms with van der Waals surface area (Å²) in [5, 5.41) is 2.72. The molecule has 0 aliphatic carbocycles. The summed E-state index contributed by atoms with van der Waals surface area (Å²) in [6.07, 6.45) is 0.712. The first-order chi connectivity index (χ1) is 15.0. The number of hydrogen-bond donors (Lipinski definition) is 2.